The molecule has 0 aliphatic heterocycles. The molecule has 8 nitrogen and oxygen atoms in total. The second-order valence-electron chi connectivity index (χ2n) is 5.84. The van der Waals surface area contributed by atoms with Gasteiger partial charge >= 0.3 is 6.03 Å². The number of amides is 2. The van der Waals surface area contributed by atoms with E-state index in [2.05, 4.69) is 4.98 Å². The van der Waals surface area contributed by atoms with Crippen LogP contribution in [0.1, 0.15) is 5.89 Å². The molecule has 0 atom stereocenters. The summed E-state index contributed by atoms with van der Waals surface area (Å²) in [6, 6.07) is 14.3. The Hall–Kier alpha value is -3.17. The van der Waals surface area contributed by atoms with Crippen LogP contribution in [0, 0.1) is 0 Å². The molecule has 9 heteroatoms. The Kier molecular flexibility index (Phi) is 4.98. The number of rotatable bonds is 5. The van der Waals surface area contributed by atoms with E-state index in [0.29, 0.717) is 17.0 Å². The fraction of sp³-hybridized carbons (Fsp3) is 0.111. The van der Waals surface area contributed by atoms with Crippen LogP contribution in [0.5, 0.6) is 0 Å². The van der Waals surface area contributed by atoms with Crippen LogP contribution in [0.3, 0.4) is 0 Å². The quantitative estimate of drug-likeness (QED) is 0.512. The van der Waals surface area contributed by atoms with E-state index in [1.807, 2.05) is 30.3 Å². The molecule has 0 saturated heterocycles. The first kappa shape index (κ1) is 18.6. The molecular weight excluding hydrogens is 370 g/mol. The lowest BCUT2D eigenvalue weighted by molar-refractivity contribution is -0.0523. The summed E-state index contributed by atoms with van der Waals surface area (Å²) in [4.78, 5) is 15.6. The average molecular weight is 387 g/mol. The summed E-state index contributed by atoms with van der Waals surface area (Å²) in [5, 5.41) is 9.83. The highest BCUT2D eigenvalue weighted by Gasteiger charge is 2.20. The number of hydrogen-bond donors (Lipinski definition) is 2. The van der Waals surface area contributed by atoms with Gasteiger partial charge in [-0.05, 0) is 12.1 Å². The Morgan fingerprint density at radius 1 is 1.11 bits per heavy atom. The Bertz CT molecular complexity index is 1060. The summed E-state index contributed by atoms with van der Waals surface area (Å²) in [7, 11) is -3.32. The van der Waals surface area contributed by atoms with Gasteiger partial charge in [0.1, 0.15) is 12.2 Å². The van der Waals surface area contributed by atoms with Crippen molar-refractivity contribution in [3.05, 3.63) is 60.5 Å². The van der Waals surface area contributed by atoms with Gasteiger partial charge in [-0.25, -0.2) is 18.2 Å². The molecule has 0 fully saturated rings. The number of nitrogens with zero attached hydrogens (tertiary/aromatic N) is 2. The van der Waals surface area contributed by atoms with Crippen LogP contribution in [0.2, 0.25) is 0 Å². The molecule has 0 saturated carbocycles. The minimum atomic E-state index is -3.32. The smallest absolute Gasteiger partial charge is 0.339 e. The van der Waals surface area contributed by atoms with Crippen molar-refractivity contribution in [2.75, 3.05) is 6.26 Å². The van der Waals surface area contributed by atoms with Crippen molar-refractivity contribution in [2.24, 2.45) is 5.73 Å². The number of primary amides is 1. The molecule has 0 bridgehead atoms. The molecule has 3 rings (SSSR count). The largest absolute Gasteiger partial charge is 0.438 e. The van der Waals surface area contributed by atoms with E-state index in [4.69, 9.17) is 10.2 Å². The summed E-state index contributed by atoms with van der Waals surface area (Å²) >= 11 is 0. The van der Waals surface area contributed by atoms with Crippen molar-refractivity contribution in [2.45, 2.75) is 11.4 Å². The van der Waals surface area contributed by atoms with E-state index < -0.39 is 15.9 Å². The maximum absolute atomic E-state index is 11.6. The molecule has 0 aliphatic carbocycles. The predicted molar refractivity (Wildman–Crippen MR) is 97.4 cm³/mol. The number of carbonyl (C=O) groups is 1. The number of hydrogen-bond acceptors (Lipinski definition) is 6. The second-order valence-corrected chi connectivity index (χ2v) is 7.86. The molecule has 2 aromatic carbocycles. The van der Waals surface area contributed by atoms with Gasteiger partial charge in [0.25, 0.3) is 0 Å². The fourth-order valence-corrected chi connectivity index (χ4v) is 3.11. The number of benzene rings is 2. The van der Waals surface area contributed by atoms with Gasteiger partial charge in [-0.3, -0.25) is 5.21 Å². The number of carbonyl (C=O) groups excluding carboxylic acids is 1. The third-order valence-electron chi connectivity index (χ3n) is 3.80. The van der Waals surface area contributed by atoms with Crippen molar-refractivity contribution >= 4 is 15.9 Å². The SMILES string of the molecule is CS(=O)(=O)c1ccc(-c2nc(CN(O)C(N)=O)oc2-c2ccccc2)cc1. The van der Waals surface area contributed by atoms with Crippen LogP contribution in [-0.4, -0.2) is 36.0 Å². The van der Waals surface area contributed by atoms with Crippen LogP contribution in [0.15, 0.2) is 63.9 Å². The topological polar surface area (TPSA) is 127 Å². The fourth-order valence-electron chi connectivity index (χ4n) is 2.48. The number of urea groups is 1. The molecule has 0 unspecified atom stereocenters. The highest BCUT2D eigenvalue weighted by atomic mass is 32.2. The third-order valence-corrected chi connectivity index (χ3v) is 4.93. The lowest BCUT2D eigenvalue weighted by atomic mass is 10.1. The molecule has 3 aromatic rings. The maximum Gasteiger partial charge on any atom is 0.339 e. The number of oxazole rings is 1. The third kappa shape index (κ3) is 4.15. The van der Waals surface area contributed by atoms with E-state index >= 15 is 0 Å². The number of hydroxylamine groups is 2. The Balaban J connectivity index is 2.07. The first-order chi connectivity index (χ1) is 12.8. The molecular formula is C18H17N3O5S. The number of sulfone groups is 1. The van der Waals surface area contributed by atoms with Gasteiger partial charge in [0.2, 0.25) is 5.89 Å². The lowest BCUT2D eigenvalue weighted by Crippen LogP contribution is -2.32. The van der Waals surface area contributed by atoms with E-state index in [-0.39, 0.29) is 22.4 Å². The summed E-state index contributed by atoms with van der Waals surface area (Å²) in [6.07, 6.45) is 1.13. The monoisotopic (exact) mass is 387 g/mol. The zero-order valence-corrected chi connectivity index (χ0v) is 15.2. The number of aromatic nitrogens is 1. The highest BCUT2D eigenvalue weighted by Crippen LogP contribution is 2.33. The van der Waals surface area contributed by atoms with Gasteiger partial charge in [0.05, 0.1) is 4.90 Å². The van der Waals surface area contributed by atoms with Crippen molar-refractivity contribution in [1.29, 1.82) is 0 Å². The van der Waals surface area contributed by atoms with Gasteiger partial charge in [-0.15, -0.1) is 0 Å². The molecule has 1 aromatic heterocycles. The molecule has 0 radical (unpaired) electrons. The molecule has 1 heterocycles. The standard InChI is InChI=1S/C18H17N3O5S/c1-27(24,25)14-9-7-12(8-10-14)16-17(13-5-3-2-4-6-13)26-15(20-16)11-21(23)18(19)22/h2-10,23H,11H2,1H3,(H2,19,22). The van der Waals surface area contributed by atoms with Crippen molar-refractivity contribution in [3.63, 3.8) is 0 Å². The second kappa shape index (κ2) is 7.22. The van der Waals surface area contributed by atoms with E-state index in [1.165, 1.54) is 12.1 Å². The predicted octanol–water partition coefficient (Wildman–Crippen LogP) is 2.68. The maximum atomic E-state index is 11.6. The summed E-state index contributed by atoms with van der Waals surface area (Å²) in [5.74, 6) is 0.507. The molecule has 0 spiro atoms. The Labute approximate surface area is 155 Å². The molecule has 140 valence electrons. The zero-order chi connectivity index (χ0) is 19.6. The molecule has 2 amide bonds. The van der Waals surface area contributed by atoms with Gasteiger partial charge in [-0.2, -0.15) is 5.06 Å². The Morgan fingerprint density at radius 2 is 1.74 bits per heavy atom. The number of nitrogens with two attached hydrogens (primary N) is 1. The molecule has 0 aliphatic rings. The highest BCUT2D eigenvalue weighted by molar-refractivity contribution is 7.90. The van der Waals surface area contributed by atoms with Crippen LogP contribution < -0.4 is 5.73 Å². The molecule has 27 heavy (non-hydrogen) atoms. The summed E-state index contributed by atoms with van der Waals surface area (Å²) in [6.45, 7) is -0.323. The normalized spacial score (nSPS) is 11.3. The van der Waals surface area contributed by atoms with Crippen LogP contribution in [-0.2, 0) is 16.4 Å². The Morgan fingerprint density at radius 3 is 2.30 bits per heavy atom. The van der Waals surface area contributed by atoms with Crippen LogP contribution >= 0.6 is 0 Å². The van der Waals surface area contributed by atoms with Crippen LogP contribution in [0.25, 0.3) is 22.6 Å². The van der Waals surface area contributed by atoms with Crippen molar-refractivity contribution < 1.29 is 22.8 Å². The van der Waals surface area contributed by atoms with E-state index in [9.17, 15) is 18.4 Å². The van der Waals surface area contributed by atoms with E-state index in [0.717, 1.165) is 11.8 Å². The molecule has 3 N–H and O–H groups in total. The van der Waals surface area contributed by atoms with Gasteiger partial charge in [0.15, 0.2) is 15.6 Å². The van der Waals surface area contributed by atoms with E-state index in [1.54, 1.807) is 12.1 Å². The van der Waals surface area contributed by atoms with Crippen molar-refractivity contribution in [3.8, 4) is 22.6 Å². The van der Waals surface area contributed by atoms with Gasteiger partial charge < -0.3 is 10.2 Å². The van der Waals surface area contributed by atoms with Gasteiger partial charge in [-0.1, -0.05) is 42.5 Å². The minimum absolute atomic E-state index is 0.0809. The summed E-state index contributed by atoms with van der Waals surface area (Å²) < 4.78 is 29.0. The summed E-state index contributed by atoms with van der Waals surface area (Å²) in [5.41, 5.74) is 6.83. The first-order valence-electron chi connectivity index (χ1n) is 7.87. The van der Waals surface area contributed by atoms with Crippen LogP contribution in [0.4, 0.5) is 4.79 Å². The minimum Gasteiger partial charge on any atom is -0.438 e. The lowest BCUT2D eigenvalue weighted by Gasteiger charge is -2.07. The first-order valence-corrected chi connectivity index (χ1v) is 9.76. The van der Waals surface area contributed by atoms with Gasteiger partial charge in [0, 0.05) is 17.4 Å². The zero-order valence-electron chi connectivity index (χ0n) is 14.4. The average Bonchev–Trinajstić information content (AvgIpc) is 3.05. The van der Waals surface area contributed by atoms with Crippen molar-refractivity contribution in [1.82, 2.24) is 10.0 Å².